The number of pyridine rings is 1. The van der Waals surface area contributed by atoms with Crippen LogP contribution in [0.15, 0.2) is 42.6 Å². The number of aromatic nitrogens is 1. The molecule has 120 valence electrons. The van der Waals surface area contributed by atoms with Gasteiger partial charge in [0.15, 0.2) is 0 Å². The highest BCUT2D eigenvalue weighted by atomic mass is 35.5. The molecule has 1 fully saturated rings. The van der Waals surface area contributed by atoms with E-state index in [4.69, 9.17) is 16.3 Å². The first-order chi connectivity index (χ1) is 11.2. The van der Waals surface area contributed by atoms with E-state index in [1.165, 1.54) is 0 Å². The number of amides is 1. The fraction of sp³-hybridized carbons (Fsp3) is 0.294. The summed E-state index contributed by atoms with van der Waals surface area (Å²) in [5, 5.41) is 0.450. The maximum atomic E-state index is 12.6. The molecule has 0 atom stereocenters. The monoisotopic (exact) mass is 331 g/mol. The average molecular weight is 332 g/mol. The van der Waals surface area contributed by atoms with Gasteiger partial charge in [0.1, 0.15) is 11.6 Å². The Morgan fingerprint density at radius 1 is 1.17 bits per heavy atom. The first-order valence-electron chi connectivity index (χ1n) is 7.48. The minimum Gasteiger partial charge on any atom is -0.495 e. The van der Waals surface area contributed by atoms with Crippen molar-refractivity contribution < 1.29 is 9.53 Å². The van der Waals surface area contributed by atoms with E-state index in [0.717, 1.165) is 18.9 Å². The summed E-state index contributed by atoms with van der Waals surface area (Å²) in [5.41, 5.74) is 0.585. The average Bonchev–Trinajstić information content (AvgIpc) is 2.62. The maximum absolute atomic E-state index is 12.6. The summed E-state index contributed by atoms with van der Waals surface area (Å²) < 4.78 is 5.12. The smallest absolute Gasteiger partial charge is 0.254 e. The molecular weight excluding hydrogens is 314 g/mol. The largest absolute Gasteiger partial charge is 0.495 e. The van der Waals surface area contributed by atoms with Gasteiger partial charge in [-0.15, -0.1) is 0 Å². The summed E-state index contributed by atoms with van der Waals surface area (Å²) in [6.07, 6.45) is 1.78. The third-order valence-electron chi connectivity index (χ3n) is 3.94. The molecule has 0 saturated carbocycles. The second-order valence-corrected chi connectivity index (χ2v) is 5.72. The molecule has 2 aromatic rings. The molecule has 23 heavy (non-hydrogen) atoms. The normalized spacial score (nSPS) is 14.7. The Labute approximate surface area is 140 Å². The Morgan fingerprint density at radius 3 is 2.57 bits per heavy atom. The zero-order chi connectivity index (χ0) is 16.2. The highest BCUT2D eigenvalue weighted by molar-refractivity contribution is 6.32. The molecule has 0 radical (unpaired) electrons. The van der Waals surface area contributed by atoms with Crippen LogP contribution < -0.4 is 9.64 Å². The van der Waals surface area contributed by atoms with Gasteiger partial charge in [-0.1, -0.05) is 17.7 Å². The van der Waals surface area contributed by atoms with Crippen molar-refractivity contribution in [3.05, 3.63) is 53.2 Å². The lowest BCUT2D eigenvalue weighted by molar-refractivity contribution is 0.0746. The molecule has 3 rings (SSSR count). The lowest BCUT2D eigenvalue weighted by Gasteiger charge is -2.35. The van der Waals surface area contributed by atoms with Gasteiger partial charge in [-0.25, -0.2) is 4.98 Å². The Morgan fingerprint density at radius 2 is 1.96 bits per heavy atom. The van der Waals surface area contributed by atoms with Crippen LogP contribution in [0.4, 0.5) is 5.82 Å². The topological polar surface area (TPSA) is 45.7 Å². The molecule has 5 nitrogen and oxygen atoms in total. The van der Waals surface area contributed by atoms with Crippen molar-refractivity contribution in [1.29, 1.82) is 0 Å². The predicted octanol–water partition coefficient (Wildman–Crippen LogP) is 2.71. The number of piperazine rings is 1. The van der Waals surface area contributed by atoms with Gasteiger partial charge in [-0.3, -0.25) is 4.79 Å². The second kappa shape index (κ2) is 6.87. The number of anilines is 1. The van der Waals surface area contributed by atoms with Crippen LogP contribution in [0, 0.1) is 0 Å². The van der Waals surface area contributed by atoms with Crippen LogP contribution in [-0.4, -0.2) is 49.1 Å². The van der Waals surface area contributed by atoms with Crippen molar-refractivity contribution in [3.8, 4) is 5.75 Å². The van der Waals surface area contributed by atoms with Crippen molar-refractivity contribution in [2.45, 2.75) is 0 Å². The molecule has 1 saturated heterocycles. The van der Waals surface area contributed by atoms with E-state index in [1.807, 2.05) is 23.1 Å². The van der Waals surface area contributed by atoms with Gasteiger partial charge in [0.2, 0.25) is 0 Å². The minimum atomic E-state index is -0.00442. The zero-order valence-corrected chi connectivity index (χ0v) is 13.7. The van der Waals surface area contributed by atoms with Crippen LogP contribution in [0.2, 0.25) is 5.02 Å². The highest BCUT2D eigenvalue weighted by Gasteiger charge is 2.23. The molecule has 6 heteroatoms. The Balaban J connectivity index is 1.65. The van der Waals surface area contributed by atoms with Crippen LogP contribution in [0.1, 0.15) is 10.4 Å². The molecule has 0 unspecified atom stereocenters. The van der Waals surface area contributed by atoms with E-state index in [-0.39, 0.29) is 5.91 Å². The van der Waals surface area contributed by atoms with Gasteiger partial charge in [0, 0.05) is 37.9 Å². The molecule has 0 N–H and O–H groups in total. The van der Waals surface area contributed by atoms with E-state index in [9.17, 15) is 4.79 Å². The predicted molar refractivity (Wildman–Crippen MR) is 90.4 cm³/mol. The van der Waals surface area contributed by atoms with Crippen LogP contribution in [0.5, 0.6) is 5.75 Å². The molecule has 0 bridgehead atoms. The van der Waals surface area contributed by atoms with Gasteiger partial charge in [-0.2, -0.15) is 0 Å². The van der Waals surface area contributed by atoms with E-state index in [1.54, 1.807) is 31.5 Å². The van der Waals surface area contributed by atoms with E-state index >= 15 is 0 Å². The van der Waals surface area contributed by atoms with Crippen LogP contribution in [-0.2, 0) is 0 Å². The van der Waals surface area contributed by atoms with Gasteiger partial charge >= 0.3 is 0 Å². The van der Waals surface area contributed by atoms with Gasteiger partial charge in [-0.05, 0) is 30.3 Å². The third-order valence-corrected chi connectivity index (χ3v) is 4.23. The molecule has 1 aromatic heterocycles. The Bertz CT molecular complexity index is 685. The van der Waals surface area contributed by atoms with Crippen molar-refractivity contribution in [3.63, 3.8) is 0 Å². The maximum Gasteiger partial charge on any atom is 0.254 e. The number of ether oxygens (including phenoxy) is 1. The lowest BCUT2D eigenvalue weighted by atomic mass is 10.1. The quantitative estimate of drug-likeness (QED) is 0.867. The molecule has 1 aromatic carbocycles. The number of hydrogen-bond donors (Lipinski definition) is 0. The third kappa shape index (κ3) is 3.40. The first kappa shape index (κ1) is 15.6. The van der Waals surface area contributed by atoms with Crippen molar-refractivity contribution in [2.75, 3.05) is 38.2 Å². The summed E-state index contributed by atoms with van der Waals surface area (Å²) in [6.45, 7) is 2.87. The number of benzene rings is 1. The van der Waals surface area contributed by atoms with E-state index < -0.39 is 0 Å². The van der Waals surface area contributed by atoms with Crippen LogP contribution in [0.3, 0.4) is 0 Å². The minimum absolute atomic E-state index is 0.00442. The Hall–Kier alpha value is -2.27. The van der Waals surface area contributed by atoms with Crippen molar-refractivity contribution >= 4 is 23.3 Å². The van der Waals surface area contributed by atoms with Crippen LogP contribution >= 0.6 is 11.6 Å². The molecular formula is C17H18ClN3O2. The number of carbonyl (C=O) groups is 1. The summed E-state index contributed by atoms with van der Waals surface area (Å²) >= 11 is 6.10. The van der Waals surface area contributed by atoms with Crippen LogP contribution in [0.25, 0.3) is 0 Å². The number of methoxy groups -OCH3 is 1. The molecule has 1 aliphatic rings. The molecule has 0 spiro atoms. The zero-order valence-electron chi connectivity index (χ0n) is 12.9. The lowest BCUT2D eigenvalue weighted by Crippen LogP contribution is -2.49. The molecule has 1 amide bonds. The highest BCUT2D eigenvalue weighted by Crippen LogP contribution is 2.25. The van der Waals surface area contributed by atoms with E-state index in [2.05, 4.69) is 9.88 Å². The van der Waals surface area contributed by atoms with Gasteiger partial charge < -0.3 is 14.5 Å². The molecule has 1 aliphatic heterocycles. The number of carbonyl (C=O) groups excluding carboxylic acids is 1. The summed E-state index contributed by atoms with van der Waals surface area (Å²) in [6, 6.07) is 11.0. The first-order valence-corrected chi connectivity index (χ1v) is 7.85. The fourth-order valence-corrected chi connectivity index (χ4v) is 2.92. The van der Waals surface area contributed by atoms with Gasteiger partial charge in [0.05, 0.1) is 12.1 Å². The number of nitrogens with zero attached hydrogens (tertiary/aromatic N) is 3. The standard InChI is InChI=1S/C17H18ClN3O2/c1-23-15-6-5-13(12-14(15)18)17(22)21-10-8-20(9-11-21)16-4-2-3-7-19-16/h2-7,12H,8-11H2,1H3. The summed E-state index contributed by atoms with van der Waals surface area (Å²) in [5.74, 6) is 1.52. The summed E-state index contributed by atoms with van der Waals surface area (Å²) in [4.78, 5) is 21.0. The molecule has 2 heterocycles. The second-order valence-electron chi connectivity index (χ2n) is 5.32. The number of halogens is 1. The van der Waals surface area contributed by atoms with Crippen molar-refractivity contribution in [1.82, 2.24) is 9.88 Å². The van der Waals surface area contributed by atoms with Crippen molar-refractivity contribution in [2.24, 2.45) is 0 Å². The van der Waals surface area contributed by atoms with E-state index in [0.29, 0.717) is 29.4 Å². The number of hydrogen-bond acceptors (Lipinski definition) is 4. The van der Waals surface area contributed by atoms with Gasteiger partial charge in [0.25, 0.3) is 5.91 Å². The Kier molecular flexibility index (Phi) is 4.67. The SMILES string of the molecule is COc1ccc(C(=O)N2CCN(c3ccccn3)CC2)cc1Cl. The fourth-order valence-electron chi connectivity index (χ4n) is 2.66. The number of rotatable bonds is 3. The summed E-state index contributed by atoms with van der Waals surface area (Å²) in [7, 11) is 1.56. The molecule has 0 aliphatic carbocycles.